The van der Waals surface area contributed by atoms with Crippen molar-refractivity contribution in [2.45, 2.75) is 39.8 Å². The van der Waals surface area contributed by atoms with Gasteiger partial charge in [-0.3, -0.25) is 0 Å². The number of carbonyl (C=O) groups is 1. The van der Waals surface area contributed by atoms with Gasteiger partial charge < -0.3 is 14.6 Å². The molecule has 100 valence electrons. The fourth-order valence-corrected chi connectivity index (χ4v) is 1.37. The maximum atomic E-state index is 11.4. The van der Waals surface area contributed by atoms with E-state index in [9.17, 15) is 4.79 Å². The molecule has 1 N–H and O–H groups in total. The van der Waals surface area contributed by atoms with Crippen LogP contribution in [0, 0.1) is 0 Å². The Morgan fingerprint density at radius 1 is 1.56 bits per heavy atom. The standard InChI is InChI=1S/C13H21N3O2/c1-5-16-10-9-14-11(16)7-6-8-15-12(17)18-13(2,3)4/h6-7,9-10H,5,8H2,1-4H3,(H,15,17). The molecule has 18 heavy (non-hydrogen) atoms. The van der Waals surface area contributed by atoms with Gasteiger partial charge in [-0.15, -0.1) is 0 Å². The molecular formula is C13H21N3O2. The van der Waals surface area contributed by atoms with E-state index in [1.54, 1.807) is 6.20 Å². The fraction of sp³-hybridized carbons (Fsp3) is 0.538. The van der Waals surface area contributed by atoms with Crippen LogP contribution in [0.1, 0.15) is 33.5 Å². The van der Waals surface area contributed by atoms with Gasteiger partial charge in [0.1, 0.15) is 11.4 Å². The lowest BCUT2D eigenvalue weighted by Gasteiger charge is -2.19. The molecule has 0 spiro atoms. The quantitative estimate of drug-likeness (QED) is 0.894. The monoisotopic (exact) mass is 251 g/mol. The molecule has 0 atom stereocenters. The van der Waals surface area contributed by atoms with Crippen LogP contribution in [0.2, 0.25) is 0 Å². The first-order valence-electron chi connectivity index (χ1n) is 6.07. The largest absolute Gasteiger partial charge is 0.444 e. The van der Waals surface area contributed by atoms with Crippen LogP contribution in [0.25, 0.3) is 6.08 Å². The van der Waals surface area contributed by atoms with E-state index >= 15 is 0 Å². The van der Waals surface area contributed by atoms with Gasteiger partial charge in [-0.1, -0.05) is 6.08 Å². The normalized spacial score (nSPS) is 11.8. The van der Waals surface area contributed by atoms with E-state index in [1.165, 1.54) is 0 Å². The van der Waals surface area contributed by atoms with Gasteiger partial charge in [0.25, 0.3) is 0 Å². The number of nitrogens with zero attached hydrogens (tertiary/aromatic N) is 2. The second kappa shape index (κ2) is 6.23. The lowest BCUT2D eigenvalue weighted by Crippen LogP contribution is -2.32. The van der Waals surface area contributed by atoms with Gasteiger partial charge in [0.2, 0.25) is 0 Å². The average molecular weight is 251 g/mol. The van der Waals surface area contributed by atoms with E-state index in [0.717, 1.165) is 12.4 Å². The van der Waals surface area contributed by atoms with E-state index in [0.29, 0.717) is 6.54 Å². The molecule has 5 heteroatoms. The number of amides is 1. The summed E-state index contributed by atoms with van der Waals surface area (Å²) in [5.74, 6) is 0.878. The van der Waals surface area contributed by atoms with Gasteiger partial charge in [0.05, 0.1) is 0 Å². The number of hydrogen-bond acceptors (Lipinski definition) is 3. The number of aromatic nitrogens is 2. The smallest absolute Gasteiger partial charge is 0.407 e. The average Bonchev–Trinajstić information content (AvgIpc) is 2.69. The van der Waals surface area contributed by atoms with E-state index in [2.05, 4.69) is 17.2 Å². The summed E-state index contributed by atoms with van der Waals surface area (Å²) in [4.78, 5) is 15.6. The Balaban J connectivity index is 2.36. The number of aryl methyl sites for hydroxylation is 1. The van der Waals surface area contributed by atoms with Gasteiger partial charge in [0, 0.05) is 25.5 Å². The summed E-state index contributed by atoms with van der Waals surface area (Å²) in [5.41, 5.74) is -0.466. The molecule has 1 aromatic rings. The van der Waals surface area contributed by atoms with Crippen molar-refractivity contribution in [3.63, 3.8) is 0 Å². The Kier molecular flexibility index (Phi) is 4.95. The molecule has 5 nitrogen and oxygen atoms in total. The number of alkyl carbamates (subject to hydrolysis) is 1. The number of nitrogens with one attached hydrogen (secondary N) is 1. The van der Waals surface area contributed by atoms with E-state index in [-0.39, 0.29) is 0 Å². The van der Waals surface area contributed by atoms with Crippen LogP contribution in [0.4, 0.5) is 4.79 Å². The SMILES string of the molecule is CCn1ccnc1C=CCNC(=O)OC(C)(C)C. The molecular weight excluding hydrogens is 230 g/mol. The van der Waals surface area contributed by atoms with Crippen LogP contribution in [-0.4, -0.2) is 27.8 Å². The summed E-state index contributed by atoms with van der Waals surface area (Å²) in [6, 6.07) is 0. The first-order chi connectivity index (χ1) is 8.42. The molecule has 0 aliphatic heterocycles. The Labute approximate surface area is 108 Å². The highest BCUT2D eigenvalue weighted by atomic mass is 16.6. The Morgan fingerprint density at radius 3 is 2.89 bits per heavy atom. The van der Waals surface area contributed by atoms with Crippen molar-refractivity contribution in [3.05, 3.63) is 24.3 Å². The minimum absolute atomic E-state index is 0.411. The number of hydrogen-bond donors (Lipinski definition) is 1. The van der Waals surface area contributed by atoms with Crippen LogP contribution >= 0.6 is 0 Å². The maximum absolute atomic E-state index is 11.4. The van der Waals surface area contributed by atoms with Crippen molar-refractivity contribution in [1.82, 2.24) is 14.9 Å². The summed E-state index contributed by atoms with van der Waals surface area (Å²) in [7, 11) is 0. The molecule has 0 saturated heterocycles. The van der Waals surface area contributed by atoms with Crippen LogP contribution in [0.5, 0.6) is 0 Å². The maximum Gasteiger partial charge on any atom is 0.407 e. The van der Waals surface area contributed by atoms with Gasteiger partial charge in [-0.25, -0.2) is 9.78 Å². The highest BCUT2D eigenvalue weighted by Gasteiger charge is 2.14. The Bertz CT molecular complexity index is 416. The summed E-state index contributed by atoms with van der Waals surface area (Å²) in [6.07, 6.45) is 6.98. The van der Waals surface area contributed by atoms with Gasteiger partial charge in [-0.05, 0) is 33.8 Å². The summed E-state index contributed by atoms with van der Waals surface area (Å²) in [5, 5.41) is 2.65. The minimum Gasteiger partial charge on any atom is -0.444 e. The molecule has 1 rings (SSSR count). The zero-order valence-corrected chi connectivity index (χ0v) is 11.4. The number of rotatable bonds is 4. The van der Waals surface area contributed by atoms with Crippen LogP contribution in [-0.2, 0) is 11.3 Å². The number of imidazole rings is 1. The zero-order chi connectivity index (χ0) is 13.6. The molecule has 0 unspecified atom stereocenters. The zero-order valence-electron chi connectivity index (χ0n) is 11.4. The minimum atomic E-state index is -0.466. The molecule has 1 amide bonds. The van der Waals surface area contributed by atoms with E-state index in [1.807, 2.05) is 43.7 Å². The van der Waals surface area contributed by atoms with Crippen molar-refractivity contribution >= 4 is 12.2 Å². The molecule has 0 aliphatic rings. The third kappa shape index (κ3) is 5.03. The lowest BCUT2D eigenvalue weighted by atomic mass is 10.2. The molecule has 1 heterocycles. The second-order valence-corrected chi connectivity index (χ2v) is 4.86. The van der Waals surface area contributed by atoms with E-state index in [4.69, 9.17) is 4.74 Å². The number of ether oxygens (including phenoxy) is 1. The van der Waals surface area contributed by atoms with Crippen molar-refractivity contribution < 1.29 is 9.53 Å². The molecule has 0 aliphatic carbocycles. The Morgan fingerprint density at radius 2 is 2.28 bits per heavy atom. The third-order valence-electron chi connectivity index (χ3n) is 2.12. The van der Waals surface area contributed by atoms with Crippen molar-refractivity contribution in [3.8, 4) is 0 Å². The van der Waals surface area contributed by atoms with Crippen molar-refractivity contribution in [2.24, 2.45) is 0 Å². The third-order valence-corrected chi connectivity index (χ3v) is 2.12. The first kappa shape index (κ1) is 14.3. The lowest BCUT2D eigenvalue weighted by molar-refractivity contribution is 0.0534. The highest BCUT2D eigenvalue weighted by Crippen LogP contribution is 2.06. The van der Waals surface area contributed by atoms with Gasteiger partial charge >= 0.3 is 6.09 Å². The highest BCUT2D eigenvalue weighted by molar-refractivity contribution is 5.68. The predicted molar refractivity (Wildman–Crippen MR) is 71.2 cm³/mol. The number of carbonyl (C=O) groups excluding carboxylic acids is 1. The molecule has 0 radical (unpaired) electrons. The molecule has 0 bridgehead atoms. The molecule has 0 aromatic carbocycles. The topological polar surface area (TPSA) is 56.2 Å². The van der Waals surface area contributed by atoms with E-state index < -0.39 is 11.7 Å². The second-order valence-electron chi connectivity index (χ2n) is 4.86. The molecule has 0 saturated carbocycles. The predicted octanol–water partition coefficient (Wildman–Crippen LogP) is 2.44. The van der Waals surface area contributed by atoms with Crippen molar-refractivity contribution in [1.29, 1.82) is 0 Å². The molecule has 1 aromatic heterocycles. The van der Waals surface area contributed by atoms with Crippen LogP contribution in [0.15, 0.2) is 18.5 Å². The summed E-state index contributed by atoms with van der Waals surface area (Å²) >= 11 is 0. The van der Waals surface area contributed by atoms with Gasteiger partial charge in [-0.2, -0.15) is 0 Å². The fourth-order valence-electron chi connectivity index (χ4n) is 1.37. The van der Waals surface area contributed by atoms with Gasteiger partial charge in [0.15, 0.2) is 0 Å². The van der Waals surface area contributed by atoms with Crippen molar-refractivity contribution in [2.75, 3.05) is 6.54 Å². The van der Waals surface area contributed by atoms with Crippen LogP contribution < -0.4 is 5.32 Å². The summed E-state index contributed by atoms with van der Waals surface area (Å²) in [6.45, 7) is 8.85. The first-order valence-corrected chi connectivity index (χ1v) is 6.07. The van der Waals surface area contributed by atoms with Crippen LogP contribution in [0.3, 0.4) is 0 Å². The summed E-state index contributed by atoms with van der Waals surface area (Å²) < 4.78 is 7.13. The Hall–Kier alpha value is -1.78. The molecule has 0 fully saturated rings.